The molecule has 2 aliphatic rings. The van der Waals surface area contributed by atoms with E-state index in [2.05, 4.69) is 5.32 Å². The van der Waals surface area contributed by atoms with Crippen LogP contribution < -0.4 is 5.32 Å². The SMILES string of the molecule is O=C(Nc1cccc(C(=O)N2CCC(C(O)c3ccccc3)CC2)c1)C1CC1. The normalized spacial score (nSPS) is 18.5. The fourth-order valence-electron chi connectivity index (χ4n) is 3.84. The van der Waals surface area contributed by atoms with Crippen LogP contribution in [-0.4, -0.2) is 34.9 Å². The van der Waals surface area contributed by atoms with Crippen molar-refractivity contribution < 1.29 is 14.7 Å². The highest BCUT2D eigenvalue weighted by molar-refractivity contribution is 5.98. The molecule has 2 aromatic rings. The van der Waals surface area contributed by atoms with E-state index in [0.29, 0.717) is 24.3 Å². The molecule has 2 N–H and O–H groups in total. The van der Waals surface area contributed by atoms with Crippen molar-refractivity contribution in [1.29, 1.82) is 0 Å². The Morgan fingerprint density at radius 3 is 2.36 bits per heavy atom. The summed E-state index contributed by atoms with van der Waals surface area (Å²) in [4.78, 5) is 26.7. The summed E-state index contributed by atoms with van der Waals surface area (Å²) in [7, 11) is 0. The van der Waals surface area contributed by atoms with Gasteiger partial charge in [0.25, 0.3) is 5.91 Å². The molecule has 0 radical (unpaired) electrons. The number of likely N-dealkylation sites (tertiary alicyclic amines) is 1. The zero-order chi connectivity index (χ0) is 19.5. The number of amides is 2. The third-order valence-corrected chi connectivity index (χ3v) is 5.74. The Bertz CT molecular complexity index is 840. The number of nitrogens with one attached hydrogen (secondary N) is 1. The Balaban J connectivity index is 1.35. The lowest BCUT2D eigenvalue weighted by molar-refractivity contribution is -0.117. The number of nitrogens with zero attached hydrogens (tertiary/aromatic N) is 1. The molecule has 1 atom stereocenters. The molecule has 5 heteroatoms. The zero-order valence-corrected chi connectivity index (χ0v) is 15.9. The number of rotatable bonds is 5. The van der Waals surface area contributed by atoms with E-state index in [4.69, 9.17) is 0 Å². The molecule has 1 saturated heterocycles. The second-order valence-corrected chi connectivity index (χ2v) is 7.83. The highest BCUT2D eigenvalue weighted by Crippen LogP contribution is 2.32. The van der Waals surface area contributed by atoms with E-state index in [1.165, 1.54) is 0 Å². The molecule has 2 amide bonds. The minimum absolute atomic E-state index is 0.0184. The van der Waals surface area contributed by atoms with Gasteiger partial charge in [-0.25, -0.2) is 0 Å². The first-order chi connectivity index (χ1) is 13.6. The lowest BCUT2D eigenvalue weighted by Gasteiger charge is -2.34. The maximum Gasteiger partial charge on any atom is 0.253 e. The van der Waals surface area contributed by atoms with Crippen LogP contribution in [0.1, 0.15) is 47.7 Å². The van der Waals surface area contributed by atoms with Crippen LogP contribution in [0.3, 0.4) is 0 Å². The Labute approximate surface area is 165 Å². The van der Waals surface area contributed by atoms with Crippen molar-refractivity contribution in [2.75, 3.05) is 18.4 Å². The van der Waals surface area contributed by atoms with Crippen LogP contribution in [-0.2, 0) is 4.79 Å². The van der Waals surface area contributed by atoms with Gasteiger partial charge in [0.15, 0.2) is 0 Å². The zero-order valence-electron chi connectivity index (χ0n) is 15.9. The topological polar surface area (TPSA) is 69.6 Å². The number of piperidine rings is 1. The van der Waals surface area contributed by atoms with E-state index in [1.807, 2.05) is 47.4 Å². The molecule has 1 heterocycles. The molecule has 146 valence electrons. The molecular formula is C23H26N2O3. The van der Waals surface area contributed by atoms with Gasteiger partial charge in [0.1, 0.15) is 0 Å². The molecule has 1 unspecified atom stereocenters. The van der Waals surface area contributed by atoms with Gasteiger partial charge in [-0.3, -0.25) is 9.59 Å². The van der Waals surface area contributed by atoms with Crippen molar-refractivity contribution in [3.63, 3.8) is 0 Å². The number of carbonyl (C=O) groups excluding carboxylic acids is 2. The van der Waals surface area contributed by atoms with Crippen LogP contribution in [0.4, 0.5) is 5.69 Å². The second kappa shape index (κ2) is 8.15. The molecular weight excluding hydrogens is 352 g/mol. The summed E-state index contributed by atoms with van der Waals surface area (Å²) in [5, 5.41) is 13.5. The average molecular weight is 378 g/mol. The highest BCUT2D eigenvalue weighted by Gasteiger charge is 2.30. The quantitative estimate of drug-likeness (QED) is 0.835. The lowest BCUT2D eigenvalue weighted by Crippen LogP contribution is -2.39. The van der Waals surface area contributed by atoms with E-state index in [9.17, 15) is 14.7 Å². The van der Waals surface area contributed by atoms with Gasteiger partial charge in [0, 0.05) is 30.3 Å². The minimum atomic E-state index is -0.487. The number of aliphatic hydroxyl groups excluding tert-OH is 1. The first-order valence-corrected chi connectivity index (χ1v) is 10.0. The summed E-state index contributed by atoms with van der Waals surface area (Å²) in [6.45, 7) is 1.26. The van der Waals surface area contributed by atoms with Gasteiger partial charge in [-0.2, -0.15) is 0 Å². The van der Waals surface area contributed by atoms with Crippen molar-refractivity contribution in [3.05, 3.63) is 65.7 Å². The van der Waals surface area contributed by atoms with Gasteiger partial charge in [-0.15, -0.1) is 0 Å². The van der Waals surface area contributed by atoms with E-state index >= 15 is 0 Å². The first-order valence-electron chi connectivity index (χ1n) is 10.0. The van der Waals surface area contributed by atoms with Crippen LogP contribution >= 0.6 is 0 Å². The number of hydrogen-bond donors (Lipinski definition) is 2. The number of aliphatic hydroxyl groups is 1. The smallest absolute Gasteiger partial charge is 0.253 e. The van der Waals surface area contributed by atoms with Crippen LogP contribution in [0.2, 0.25) is 0 Å². The van der Waals surface area contributed by atoms with Crippen molar-refractivity contribution in [2.45, 2.75) is 31.8 Å². The fourth-order valence-corrected chi connectivity index (χ4v) is 3.84. The first kappa shape index (κ1) is 18.7. The fraction of sp³-hybridized carbons (Fsp3) is 0.391. The molecule has 1 aliphatic carbocycles. The lowest BCUT2D eigenvalue weighted by atomic mass is 9.87. The van der Waals surface area contributed by atoms with Gasteiger partial charge in [0.05, 0.1) is 6.10 Å². The van der Waals surface area contributed by atoms with E-state index in [-0.39, 0.29) is 23.7 Å². The van der Waals surface area contributed by atoms with Gasteiger partial charge < -0.3 is 15.3 Å². The number of benzene rings is 2. The van der Waals surface area contributed by atoms with E-state index < -0.39 is 6.10 Å². The van der Waals surface area contributed by atoms with Gasteiger partial charge in [-0.1, -0.05) is 36.4 Å². The Morgan fingerprint density at radius 2 is 1.68 bits per heavy atom. The molecule has 4 rings (SSSR count). The molecule has 1 saturated carbocycles. The summed E-state index contributed by atoms with van der Waals surface area (Å²) in [5.74, 6) is 0.320. The summed E-state index contributed by atoms with van der Waals surface area (Å²) in [5.41, 5.74) is 2.21. The van der Waals surface area contributed by atoms with Gasteiger partial charge in [0.2, 0.25) is 5.91 Å². The molecule has 0 bridgehead atoms. The maximum atomic E-state index is 12.9. The summed E-state index contributed by atoms with van der Waals surface area (Å²) in [6.07, 6.45) is 2.97. The second-order valence-electron chi connectivity index (χ2n) is 7.83. The molecule has 0 spiro atoms. The Kier molecular flexibility index (Phi) is 5.44. The summed E-state index contributed by atoms with van der Waals surface area (Å²) < 4.78 is 0. The maximum absolute atomic E-state index is 12.9. The molecule has 28 heavy (non-hydrogen) atoms. The van der Waals surface area contributed by atoms with Gasteiger partial charge in [-0.05, 0) is 55.4 Å². The van der Waals surface area contributed by atoms with Crippen molar-refractivity contribution in [1.82, 2.24) is 4.90 Å². The van der Waals surface area contributed by atoms with E-state index in [1.54, 1.807) is 12.1 Å². The molecule has 2 aromatic carbocycles. The average Bonchev–Trinajstić information content (AvgIpc) is 3.59. The molecule has 5 nitrogen and oxygen atoms in total. The van der Waals surface area contributed by atoms with Crippen molar-refractivity contribution in [3.8, 4) is 0 Å². The third-order valence-electron chi connectivity index (χ3n) is 5.74. The van der Waals surface area contributed by atoms with Crippen molar-refractivity contribution >= 4 is 17.5 Å². The van der Waals surface area contributed by atoms with Crippen LogP contribution in [0.5, 0.6) is 0 Å². The monoisotopic (exact) mass is 378 g/mol. The summed E-state index contributed by atoms with van der Waals surface area (Å²) in [6, 6.07) is 16.9. The number of hydrogen-bond acceptors (Lipinski definition) is 3. The van der Waals surface area contributed by atoms with Gasteiger partial charge >= 0.3 is 0 Å². The Hall–Kier alpha value is -2.66. The predicted molar refractivity (Wildman–Crippen MR) is 108 cm³/mol. The minimum Gasteiger partial charge on any atom is -0.388 e. The third kappa shape index (κ3) is 4.25. The molecule has 0 aromatic heterocycles. The van der Waals surface area contributed by atoms with Crippen LogP contribution in [0, 0.1) is 11.8 Å². The predicted octanol–water partition coefficient (Wildman–Crippen LogP) is 3.62. The Morgan fingerprint density at radius 1 is 0.964 bits per heavy atom. The highest BCUT2D eigenvalue weighted by atomic mass is 16.3. The molecule has 1 aliphatic heterocycles. The van der Waals surface area contributed by atoms with E-state index in [0.717, 1.165) is 31.2 Å². The summed E-state index contributed by atoms with van der Waals surface area (Å²) >= 11 is 0. The van der Waals surface area contributed by atoms with Crippen LogP contribution in [0.25, 0.3) is 0 Å². The number of carbonyl (C=O) groups is 2. The largest absolute Gasteiger partial charge is 0.388 e. The number of anilines is 1. The standard InChI is InChI=1S/C23H26N2O3/c26-21(16-5-2-1-3-6-16)17-11-13-25(14-12-17)23(28)19-7-4-8-20(15-19)24-22(27)18-9-10-18/h1-8,15,17-18,21,26H,9-14H2,(H,24,27). The van der Waals surface area contributed by atoms with Crippen molar-refractivity contribution in [2.24, 2.45) is 11.8 Å². The molecule has 2 fully saturated rings. The van der Waals surface area contributed by atoms with Crippen LogP contribution in [0.15, 0.2) is 54.6 Å².